The molecule has 3 aromatic rings. The van der Waals surface area contributed by atoms with E-state index in [4.69, 9.17) is 0 Å². The first kappa shape index (κ1) is 16.7. The predicted octanol–water partition coefficient (Wildman–Crippen LogP) is 4.43. The smallest absolute Gasteiger partial charge is 0.358 e. The standard InChI is InChI=1S/C16H13F3N4O2/c1-10(11-5-4-6-12(9-11)16(17,18)19)20-14-15(23(24)25)22-8-3-2-7-13(22)21-14/h2-10,20H,1H3/t10-/m1/s1. The molecule has 1 aromatic carbocycles. The van der Waals surface area contributed by atoms with Crippen LogP contribution in [0.1, 0.15) is 24.1 Å². The van der Waals surface area contributed by atoms with E-state index in [1.165, 1.54) is 22.7 Å². The van der Waals surface area contributed by atoms with E-state index in [0.717, 1.165) is 12.1 Å². The highest BCUT2D eigenvalue weighted by Gasteiger charge is 2.31. The van der Waals surface area contributed by atoms with Crippen LogP contribution in [-0.2, 0) is 6.18 Å². The second-order valence-electron chi connectivity index (χ2n) is 5.46. The van der Waals surface area contributed by atoms with E-state index in [9.17, 15) is 23.3 Å². The molecule has 130 valence electrons. The summed E-state index contributed by atoms with van der Waals surface area (Å²) in [7, 11) is 0. The van der Waals surface area contributed by atoms with E-state index in [-0.39, 0.29) is 11.6 Å². The van der Waals surface area contributed by atoms with Crippen molar-refractivity contribution < 1.29 is 18.1 Å². The van der Waals surface area contributed by atoms with Crippen LogP contribution in [0.25, 0.3) is 5.65 Å². The van der Waals surface area contributed by atoms with E-state index in [0.29, 0.717) is 11.2 Å². The summed E-state index contributed by atoms with van der Waals surface area (Å²) in [6.07, 6.45) is -2.95. The number of rotatable bonds is 4. The number of benzene rings is 1. The molecule has 0 saturated heterocycles. The van der Waals surface area contributed by atoms with Gasteiger partial charge in [0.1, 0.15) is 0 Å². The average Bonchev–Trinajstić information content (AvgIpc) is 2.92. The van der Waals surface area contributed by atoms with Crippen LogP contribution in [0.4, 0.5) is 24.8 Å². The number of imidazole rings is 1. The normalized spacial score (nSPS) is 13.0. The summed E-state index contributed by atoms with van der Waals surface area (Å²) in [6.45, 7) is 1.61. The van der Waals surface area contributed by atoms with Crippen molar-refractivity contribution in [1.29, 1.82) is 0 Å². The maximum atomic E-state index is 12.8. The Morgan fingerprint density at radius 3 is 2.68 bits per heavy atom. The summed E-state index contributed by atoms with van der Waals surface area (Å²) in [4.78, 5) is 14.9. The minimum atomic E-state index is -4.45. The van der Waals surface area contributed by atoms with Crippen LogP contribution in [-0.4, -0.2) is 14.3 Å². The number of aromatic nitrogens is 2. The van der Waals surface area contributed by atoms with E-state index >= 15 is 0 Å². The maximum absolute atomic E-state index is 12.8. The second kappa shape index (κ2) is 6.08. The molecular formula is C16H13F3N4O2. The van der Waals surface area contributed by atoms with Gasteiger partial charge in [-0.1, -0.05) is 18.2 Å². The predicted molar refractivity (Wildman–Crippen MR) is 85.3 cm³/mol. The van der Waals surface area contributed by atoms with E-state index in [1.807, 2.05) is 0 Å². The highest BCUT2D eigenvalue weighted by Crippen LogP contribution is 2.32. The molecule has 0 spiro atoms. The Bertz CT molecular complexity index is 937. The van der Waals surface area contributed by atoms with Gasteiger partial charge < -0.3 is 15.4 Å². The van der Waals surface area contributed by atoms with Gasteiger partial charge in [0.25, 0.3) is 0 Å². The third-order valence-corrected chi connectivity index (χ3v) is 3.74. The third kappa shape index (κ3) is 3.25. The van der Waals surface area contributed by atoms with Gasteiger partial charge in [-0.05, 0) is 35.6 Å². The summed E-state index contributed by atoms with van der Waals surface area (Å²) in [5, 5.41) is 14.2. The van der Waals surface area contributed by atoms with Crippen molar-refractivity contribution in [3.05, 3.63) is 69.9 Å². The number of nitro groups is 1. The van der Waals surface area contributed by atoms with Crippen molar-refractivity contribution in [3.8, 4) is 0 Å². The molecule has 0 amide bonds. The van der Waals surface area contributed by atoms with Crippen LogP contribution >= 0.6 is 0 Å². The molecule has 2 aromatic heterocycles. The summed E-state index contributed by atoms with van der Waals surface area (Å²) < 4.78 is 39.8. The fraction of sp³-hybridized carbons (Fsp3) is 0.188. The Morgan fingerprint density at radius 1 is 1.24 bits per heavy atom. The molecule has 0 aliphatic heterocycles. The number of hydrogen-bond donors (Lipinski definition) is 1. The zero-order chi connectivity index (χ0) is 18.2. The van der Waals surface area contributed by atoms with E-state index in [1.54, 1.807) is 25.1 Å². The Balaban J connectivity index is 1.96. The quantitative estimate of drug-likeness (QED) is 0.558. The molecule has 0 bridgehead atoms. The van der Waals surface area contributed by atoms with Crippen LogP contribution in [0.2, 0.25) is 0 Å². The minimum Gasteiger partial charge on any atom is -0.358 e. The molecule has 0 aliphatic rings. The molecule has 25 heavy (non-hydrogen) atoms. The van der Waals surface area contributed by atoms with Gasteiger partial charge in [-0.25, -0.2) is 0 Å². The molecular weight excluding hydrogens is 337 g/mol. The number of fused-ring (bicyclic) bond motifs is 1. The first-order valence-corrected chi connectivity index (χ1v) is 7.32. The second-order valence-corrected chi connectivity index (χ2v) is 5.46. The molecule has 1 atom stereocenters. The van der Waals surface area contributed by atoms with Crippen LogP contribution in [0, 0.1) is 10.1 Å². The minimum absolute atomic E-state index is 0.00103. The number of hydrogen-bond acceptors (Lipinski definition) is 4. The van der Waals surface area contributed by atoms with E-state index < -0.39 is 22.7 Å². The van der Waals surface area contributed by atoms with Gasteiger partial charge in [-0.3, -0.25) is 0 Å². The molecule has 3 rings (SSSR count). The summed E-state index contributed by atoms with van der Waals surface area (Å²) in [5.41, 5.74) is -0.0581. The van der Waals surface area contributed by atoms with Crippen molar-refractivity contribution in [2.24, 2.45) is 0 Å². The van der Waals surface area contributed by atoms with Gasteiger partial charge in [-0.15, -0.1) is 0 Å². The number of alkyl halides is 3. The number of halogens is 3. The lowest BCUT2D eigenvalue weighted by molar-refractivity contribution is -0.389. The number of nitrogens with one attached hydrogen (secondary N) is 1. The topological polar surface area (TPSA) is 72.5 Å². The fourth-order valence-corrected chi connectivity index (χ4v) is 2.53. The van der Waals surface area contributed by atoms with Crippen molar-refractivity contribution in [2.75, 3.05) is 5.32 Å². The highest BCUT2D eigenvalue weighted by molar-refractivity contribution is 5.62. The number of nitrogens with zero attached hydrogens (tertiary/aromatic N) is 3. The summed E-state index contributed by atoms with van der Waals surface area (Å²) in [5.74, 6) is -0.268. The molecule has 6 nitrogen and oxygen atoms in total. The monoisotopic (exact) mass is 350 g/mol. The lowest BCUT2D eigenvalue weighted by atomic mass is 10.0. The zero-order valence-corrected chi connectivity index (χ0v) is 13.0. The van der Waals surface area contributed by atoms with Gasteiger partial charge in [0.05, 0.1) is 17.8 Å². The van der Waals surface area contributed by atoms with Crippen LogP contribution in [0.5, 0.6) is 0 Å². The molecule has 0 unspecified atom stereocenters. The van der Waals surface area contributed by atoms with Crippen molar-refractivity contribution in [3.63, 3.8) is 0 Å². The van der Waals surface area contributed by atoms with Crippen LogP contribution < -0.4 is 5.32 Å². The molecule has 0 fully saturated rings. The lowest BCUT2D eigenvalue weighted by Crippen LogP contribution is -2.11. The first-order valence-electron chi connectivity index (χ1n) is 7.32. The highest BCUT2D eigenvalue weighted by atomic mass is 19.4. The van der Waals surface area contributed by atoms with Crippen LogP contribution in [0.3, 0.4) is 0 Å². The van der Waals surface area contributed by atoms with E-state index in [2.05, 4.69) is 10.3 Å². The van der Waals surface area contributed by atoms with Gasteiger partial charge in [0, 0.05) is 6.07 Å². The molecule has 0 radical (unpaired) electrons. The van der Waals surface area contributed by atoms with Gasteiger partial charge in [0.2, 0.25) is 11.5 Å². The Morgan fingerprint density at radius 2 is 2.00 bits per heavy atom. The lowest BCUT2D eigenvalue weighted by Gasteiger charge is -2.15. The SMILES string of the molecule is C[C@@H](Nc1nc2ccccn2c1[N+](=O)[O-])c1cccc(C(F)(F)F)c1. The Labute approximate surface area is 140 Å². The number of anilines is 1. The largest absolute Gasteiger partial charge is 0.416 e. The van der Waals surface area contributed by atoms with Crippen molar-refractivity contribution in [2.45, 2.75) is 19.1 Å². The van der Waals surface area contributed by atoms with Gasteiger partial charge in [0.15, 0.2) is 0 Å². The average molecular weight is 350 g/mol. The molecule has 0 saturated carbocycles. The molecule has 9 heteroatoms. The summed E-state index contributed by atoms with van der Waals surface area (Å²) >= 11 is 0. The Hall–Kier alpha value is -3.10. The molecule has 2 heterocycles. The molecule has 1 N–H and O–H groups in total. The third-order valence-electron chi connectivity index (χ3n) is 3.74. The van der Waals surface area contributed by atoms with Gasteiger partial charge >= 0.3 is 12.0 Å². The van der Waals surface area contributed by atoms with Crippen molar-refractivity contribution in [1.82, 2.24) is 9.38 Å². The van der Waals surface area contributed by atoms with Crippen LogP contribution in [0.15, 0.2) is 48.7 Å². The fourth-order valence-electron chi connectivity index (χ4n) is 2.53. The maximum Gasteiger partial charge on any atom is 0.416 e. The first-order chi connectivity index (χ1) is 11.8. The van der Waals surface area contributed by atoms with Gasteiger partial charge in [-0.2, -0.15) is 22.6 Å². The Kier molecular flexibility index (Phi) is 4.07. The number of pyridine rings is 1. The molecule has 0 aliphatic carbocycles. The zero-order valence-electron chi connectivity index (χ0n) is 13.0. The summed E-state index contributed by atoms with van der Waals surface area (Å²) in [6, 6.07) is 9.12. The van der Waals surface area contributed by atoms with Crippen molar-refractivity contribution >= 4 is 17.3 Å².